The molecule has 10 heteroatoms. The van der Waals surface area contributed by atoms with Crippen LogP contribution in [-0.4, -0.2) is 40.9 Å². The second-order valence-electron chi connectivity index (χ2n) is 10.9. The molecule has 0 aromatic heterocycles. The molecule has 2 saturated carbocycles. The van der Waals surface area contributed by atoms with E-state index in [1.807, 2.05) is 30.3 Å². The molecule has 10 nitrogen and oxygen atoms in total. The largest absolute Gasteiger partial charge is 0.466 e. The molecule has 0 unspecified atom stereocenters. The molecular weight excluding hydrogens is 504 g/mol. The van der Waals surface area contributed by atoms with Crippen molar-refractivity contribution >= 4 is 41.2 Å². The van der Waals surface area contributed by atoms with Gasteiger partial charge in [-0.25, -0.2) is 9.69 Å². The standard InChI is InChI=1S/C29H28N2O8/c1-5-38-25(33)23-19-15-20(18(24(19)32)13-16-9-7-6-8-10-16)29(23)21-14-17(31(36)37)11-12-22(21)30(26(29)34)27(35)39-28(2,3)4/h6-14,19-20,23H,5,15H2,1-4H3/b18-13+/t19-,20-,23-,29-/m1/s1. The van der Waals surface area contributed by atoms with Gasteiger partial charge in [0.25, 0.3) is 5.69 Å². The number of hydrogen-bond acceptors (Lipinski definition) is 8. The molecule has 1 heterocycles. The molecule has 202 valence electrons. The molecule has 2 aromatic carbocycles. The van der Waals surface area contributed by atoms with Gasteiger partial charge in [-0.1, -0.05) is 30.3 Å². The summed E-state index contributed by atoms with van der Waals surface area (Å²) in [6.45, 7) is 6.57. The van der Waals surface area contributed by atoms with Crippen LogP contribution in [0.25, 0.3) is 6.08 Å². The van der Waals surface area contributed by atoms with Crippen LogP contribution in [0.4, 0.5) is 16.2 Å². The highest BCUT2D eigenvalue weighted by molar-refractivity contribution is 6.25. The van der Waals surface area contributed by atoms with Crippen LogP contribution in [0.2, 0.25) is 0 Å². The lowest BCUT2D eigenvalue weighted by atomic mass is 9.60. The summed E-state index contributed by atoms with van der Waals surface area (Å²) >= 11 is 0. The van der Waals surface area contributed by atoms with Crippen molar-refractivity contribution in [2.24, 2.45) is 17.8 Å². The van der Waals surface area contributed by atoms with Gasteiger partial charge in [0.2, 0.25) is 5.91 Å². The predicted molar refractivity (Wildman–Crippen MR) is 140 cm³/mol. The average Bonchev–Trinajstić information content (AvgIpc) is 3.46. The second-order valence-corrected chi connectivity index (χ2v) is 10.9. The maximum Gasteiger partial charge on any atom is 0.421 e. The highest BCUT2D eigenvalue weighted by Gasteiger charge is 2.74. The van der Waals surface area contributed by atoms with Crippen LogP contribution in [0.3, 0.4) is 0 Å². The first-order valence-electron chi connectivity index (χ1n) is 12.8. The molecule has 1 aliphatic heterocycles. The van der Waals surface area contributed by atoms with E-state index in [1.165, 1.54) is 18.2 Å². The number of hydrogen-bond donors (Lipinski definition) is 0. The molecular formula is C29H28N2O8. The summed E-state index contributed by atoms with van der Waals surface area (Å²) in [6, 6.07) is 12.8. The molecule has 2 aromatic rings. The number of carbonyl (C=O) groups is 4. The lowest BCUT2D eigenvalue weighted by Gasteiger charge is -2.39. The molecule has 2 aliphatic carbocycles. The summed E-state index contributed by atoms with van der Waals surface area (Å²) in [4.78, 5) is 67.0. The smallest absolute Gasteiger partial charge is 0.421 e. The Bertz CT molecular complexity index is 1440. The molecule has 2 bridgehead atoms. The number of ketones is 1. The quantitative estimate of drug-likeness (QED) is 0.242. The zero-order valence-electron chi connectivity index (χ0n) is 22.0. The van der Waals surface area contributed by atoms with Crippen LogP contribution < -0.4 is 4.90 Å². The van der Waals surface area contributed by atoms with Crippen molar-refractivity contribution in [3.63, 3.8) is 0 Å². The SMILES string of the molecule is CCOC(=O)[C@H]1[C@H]2C[C@H](/C(=C\c3ccccc3)C2=O)[C@]12C(=O)N(C(=O)OC(C)(C)C)c1ccc([N+](=O)[O-])cc12. The molecule has 4 atom stereocenters. The fourth-order valence-corrected chi connectivity index (χ4v) is 6.31. The van der Waals surface area contributed by atoms with Crippen molar-refractivity contribution in [1.82, 2.24) is 0 Å². The number of nitro groups is 1. The minimum absolute atomic E-state index is 0.00939. The molecule has 2 fully saturated rings. The van der Waals surface area contributed by atoms with E-state index in [0.29, 0.717) is 5.57 Å². The summed E-state index contributed by atoms with van der Waals surface area (Å²) in [5.41, 5.74) is -1.72. The number of fused-ring (bicyclic) bond motifs is 5. The molecule has 1 spiro atoms. The first-order valence-corrected chi connectivity index (χ1v) is 12.8. The van der Waals surface area contributed by atoms with E-state index >= 15 is 0 Å². The van der Waals surface area contributed by atoms with E-state index in [4.69, 9.17) is 9.47 Å². The van der Waals surface area contributed by atoms with Crippen LogP contribution in [0.1, 0.15) is 45.2 Å². The van der Waals surface area contributed by atoms with E-state index in [1.54, 1.807) is 33.8 Å². The Morgan fingerprint density at radius 1 is 1.15 bits per heavy atom. The maximum absolute atomic E-state index is 14.5. The van der Waals surface area contributed by atoms with Crippen molar-refractivity contribution in [1.29, 1.82) is 0 Å². The predicted octanol–water partition coefficient (Wildman–Crippen LogP) is 4.60. The van der Waals surface area contributed by atoms with Gasteiger partial charge in [-0.15, -0.1) is 0 Å². The van der Waals surface area contributed by atoms with E-state index in [0.717, 1.165) is 10.5 Å². The van der Waals surface area contributed by atoms with E-state index in [9.17, 15) is 29.3 Å². The molecule has 3 aliphatic rings. The Hall–Kier alpha value is -4.34. The lowest BCUT2D eigenvalue weighted by molar-refractivity contribution is -0.384. The minimum atomic E-state index is -1.76. The van der Waals surface area contributed by atoms with Crippen molar-refractivity contribution in [3.05, 3.63) is 75.3 Å². The third-order valence-corrected chi connectivity index (χ3v) is 7.60. The summed E-state index contributed by atoms with van der Waals surface area (Å²) in [7, 11) is 0. The Balaban J connectivity index is 1.77. The van der Waals surface area contributed by atoms with Gasteiger partial charge in [0.15, 0.2) is 5.78 Å². The number of carbonyl (C=O) groups excluding carboxylic acids is 4. The number of rotatable bonds is 4. The number of anilines is 1. The van der Waals surface area contributed by atoms with Gasteiger partial charge < -0.3 is 9.47 Å². The minimum Gasteiger partial charge on any atom is -0.466 e. The number of benzene rings is 2. The molecule has 0 saturated heterocycles. The summed E-state index contributed by atoms with van der Waals surface area (Å²) in [5, 5.41) is 11.8. The van der Waals surface area contributed by atoms with Gasteiger partial charge in [0, 0.05) is 35.1 Å². The number of allylic oxidation sites excluding steroid dienone is 1. The fraction of sp³-hybridized carbons (Fsp3) is 0.379. The monoisotopic (exact) mass is 532 g/mol. The number of Topliss-reactive ketones (excluding diaryl/α,β-unsaturated/α-hetero) is 1. The normalized spacial score (nSPS) is 26.3. The highest BCUT2D eigenvalue weighted by atomic mass is 16.6. The van der Waals surface area contributed by atoms with Crippen molar-refractivity contribution in [3.8, 4) is 0 Å². The Kier molecular flexibility index (Phi) is 6.16. The topological polar surface area (TPSA) is 133 Å². The van der Waals surface area contributed by atoms with Crippen LogP contribution in [0.15, 0.2) is 54.1 Å². The first kappa shape index (κ1) is 26.3. The molecule has 5 rings (SSSR count). The lowest BCUT2D eigenvalue weighted by Crippen LogP contribution is -2.55. The Morgan fingerprint density at radius 3 is 2.46 bits per heavy atom. The maximum atomic E-state index is 14.5. The number of non-ortho nitro benzene ring substituents is 1. The molecule has 0 radical (unpaired) electrons. The fourth-order valence-electron chi connectivity index (χ4n) is 6.31. The van der Waals surface area contributed by atoms with Crippen molar-refractivity contribution in [2.45, 2.75) is 45.1 Å². The van der Waals surface area contributed by atoms with Crippen molar-refractivity contribution in [2.75, 3.05) is 11.5 Å². The highest BCUT2D eigenvalue weighted by Crippen LogP contribution is 2.66. The van der Waals surface area contributed by atoms with Gasteiger partial charge in [-0.2, -0.15) is 0 Å². The number of ether oxygens (including phenoxy) is 2. The van der Waals surface area contributed by atoms with Crippen LogP contribution in [0.5, 0.6) is 0 Å². The van der Waals surface area contributed by atoms with Gasteiger partial charge >= 0.3 is 12.1 Å². The van der Waals surface area contributed by atoms with Gasteiger partial charge in [0.05, 0.1) is 28.6 Å². The zero-order chi connectivity index (χ0) is 28.3. The number of nitrogens with zero attached hydrogens (tertiary/aromatic N) is 2. The third-order valence-electron chi connectivity index (χ3n) is 7.60. The second kappa shape index (κ2) is 9.14. The van der Waals surface area contributed by atoms with E-state index in [-0.39, 0.29) is 35.7 Å². The van der Waals surface area contributed by atoms with Crippen LogP contribution in [-0.2, 0) is 29.3 Å². The van der Waals surface area contributed by atoms with Crippen LogP contribution >= 0.6 is 0 Å². The zero-order valence-corrected chi connectivity index (χ0v) is 22.0. The van der Waals surface area contributed by atoms with Gasteiger partial charge in [-0.05, 0) is 51.8 Å². The Labute approximate surface area is 224 Å². The molecule has 0 N–H and O–H groups in total. The van der Waals surface area contributed by atoms with Crippen molar-refractivity contribution < 1.29 is 33.6 Å². The number of imide groups is 1. The summed E-state index contributed by atoms with van der Waals surface area (Å²) in [5.74, 6) is -4.76. The number of amides is 2. The molecule has 39 heavy (non-hydrogen) atoms. The summed E-state index contributed by atoms with van der Waals surface area (Å²) in [6.07, 6.45) is 0.887. The number of nitro benzene ring substituents is 1. The van der Waals surface area contributed by atoms with E-state index in [2.05, 4.69) is 0 Å². The van der Waals surface area contributed by atoms with E-state index < -0.39 is 51.7 Å². The summed E-state index contributed by atoms with van der Waals surface area (Å²) < 4.78 is 10.9. The third kappa shape index (κ3) is 3.93. The Morgan fingerprint density at radius 2 is 1.85 bits per heavy atom. The van der Waals surface area contributed by atoms with Gasteiger partial charge in [0.1, 0.15) is 5.60 Å². The van der Waals surface area contributed by atoms with Gasteiger partial charge in [-0.3, -0.25) is 24.5 Å². The first-order chi connectivity index (χ1) is 18.4. The molecule has 2 amide bonds. The average molecular weight is 533 g/mol. The number of esters is 1. The van der Waals surface area contributed by atoms with Crippen LogP contribution in [0, 0.1) is 27.9 Å².